The Kier molecular flexibility index (Phi) is 6.57. The van der Waals surface area contributed by atoms with Crippen LogP contribution in [0.5, 0.6) is 5.75 Å². The van der Waals surface area contributed by atoms with Crippen LogP contribution in [0.2, 0.25) is 0 Å². The number of amides is 1. The Hall–Kier alpha value is -3.89. The van der Waals surface area contributed by atoms with E-state index >= 15 is 0 Å². The van der Waals surface area contributed by atoms with Crippen molar-refractivity contribution in [2.24, 2.45) is 5.92 Å². The minimum absolute atomic E-state index is 0.0107. The molecule has 1 aliphatic rings. The maximum Gasteiger partial charge on any atom is 0.228 e. The number of methoxy groups -OCH3 is 1. The largest absolute Gasteiger partial charge is 0.495 e. The number of rotatable bonds is 7. The van der Waals surface area contributed by atoms with E-state index in [-0.39, 0.29) is 11.8 Å². The van der Waals surface area contributed by atoms with Gasteiger partial charge in [-0.3, -0.25) is 9.78 Å². The maximum atomic E-state index is 12.6. The van der Waals surface area contributed by atoms with Gasteiger partial charge >= 0.3 is 0 Å². The molecule has 7 heteroatoms. The zero-order valence-corrected chi connectivity index (χ0v) is 18.9. The fourth-order valence-corrected chi connectivity index (χ4v) is 4.11. The van der Waals surface area contributed by atoms with E-state index in [0.717, 1.165) is 52.9 Å². The summed E-state index contributed by atoms with van der Waals surface area (Å²) < 4.78 is 5.54. The van der Waals surface area contributed by atoms with Crippen LogP contribution in [0.25, 0.3) is 22.0 Å². The summed E-state index contributed by atoms with van der Waals surface area (Å²) in [5.74, 6) is 0.737. The van der Waals surface area contributed by atoms with Gasteiger partial charge in [-0.15, -0.1) is 0 Å². The fourth-order valence-electron chi connectivity index (χ4n) is 4.11. The third-order valence-corrected chi connectivity index (χ3v) is 5.93. The predicted octanol–water partition coefficient (Wildman–Crippen LogP) is 4.29. The number of nitriles is 1. The van der Waals surface area contributed by atoms with Crippen LogP contribution in [0, 0.1) is 17.2 Å². The summed E-state index contributed by atoms with van der Waals surface area (Å²) >= 11 is 0. The van der Waals surface area contributed by atoms with Crippen molar-refractivity contribution >= 4 is 28.1 Å². The molecule has 0 bridgehead atoms. The quantitative estimate of drug-likeness (QED) is 0.532. The van der Waals surface area contributed by atoms with Crippen molar-refractivity contribution in [1.29, 1.82) is 5.26 Å². The van der Waals surface area contributed by atoms with Crippen molar-refractivity contribution in [3.8, 4) is 23.1 Å². The molecule has 0 radical (unpaired) electrons. The molecule has 1 saturated heterocycles. The second kappa shape index (κ2) is 9.72. The highest BCUT2D eigenvalue weighted by molar-refractivity contribution is 5.99. The van der Waals surface area contributed by atoms with Gasteiger partial charge < -0.3 is 20.3 Å². The number of hydrogen-bond donors (Lipinski definition) is 2. The highest BCUT2D eigenvalue weighted by atomic mass is 16.5. The minimum Gasteiger partial charge on any atom is -0.495 e. The number of hydrogen-bond acceptors (Lipinski definition) is 6. The predicted molar refractivity (Wildman–Crippen MR) is 131 cm³/mol. The van der Waals surface area contributed by atoms with Gasteiger partial charge in [0.1, 0.15) is 5.75 Å². The van der Waals surface area contributed by atoms with Crippen LogP contribution in [0.4, 0.5) is 11.4 Å². The second-order valence-electron chi connectivity index (χ2n) is 8.31. The zero-order valence-electron chi connectivity index (χ0n) is 18.9. The lowest BCUT2D eigenvalue weighted by molar-refractivity contribution is -0.119. The number of benzene rings is 2. The number of carbonyl (C=O) groups is 1. The van der Waals surface area contributed by atoms with Crippen LogP contribution in [0.1, 0.15) is 6.42 Å². The van der Waals surface area contributed by atoms with E-state index < -0.39 is 0 Å². The molecule has 1 unspecified atom stereocenters. The van der Waals surface area contributed by atoms with Crippen molar-refractivity contribution in [3.63, 3.8) is 0 Å². The SMILES string of the molecule is C=C(C#N)CNc1c(OC)ccc2ccc(-c3cc(NC(=O)C4CCN(C)C4)ccn3)cc12. The van der Waals surface area contributed by atoms with E-state index in [1.807, 2.05) is 49.5 Å². The molecule has 7 nitrogen and oxygen atoms in total. The van der Waals surface area contributed by atoms with Crippen molar-refractivity contribution in [3.05, 3.63) is 60.8 Å². The molecule has 1 fully saturated rings. The number of nitrogens with one attached hydrogen (secondary N) is 2. The lowest BCUT2D eigenvalue weighted by atomic mass is 10.0. The first-order valence-electron chi connectivity index (χ1n) is 10.9. The molecule has 3 aromatic rings. The van der Waals surface area contributed by atoms with E-state index in [9.17, 15) is 4.79 Å². The molecule has 4 rings (SSSR count). The number of likely N-dealkylation sites (tertiary alicyclic amines) is 1. The lowest BCUT2D eigenvalue weighted by Crippen LogP contribution is -2.25. The van der Waals surface area contributed by atoms with E-state index in [0.29, 0.717) is 17.9 Å². The van der Waals surface area contributed by atoms with E-state index in [1.165, 1.54) is 0 Å². The Balaban J connectivity index is 1.64. The summed E-state index contributed by atoms with van der Waals surface area (Å²) in [6, 6.07) is 15.7. The number of anilines is 2. The Morgan fingerprint density at radius 1 is 1.30 bits per heavy atom. The summed E-state index contributed by atoms with van der Waals surface area (Å²) in [5, 5.41) is 17.4. The van der Waals surface area contributed by atoms with Crippen LogP contribution in [-0.4, -0.2) is 49.6 Å². The monoisotopic (exact) mass is 441 g/mol. The summed E-state index contributed by atoms with van der Waals surface area (Å²) in [6.07, 6.45) is 2.58. The molecular formula is C26H27N5O2. The average molecular weight is 442 g/mol. The molecular weight excluding hydrogens is 414 g/mol. The smallest absolute Gasteiger partial charge is 0.228 e. The molecule has 1 amide bonds. The normalized spacial score (nSPS) is 15.7. The summed E-state index contributed by atoms with van der Waals surface area (Å²) in [6.45, 7) is 5.79. The molecule has 1 aromatic heterocycles. The molecule has 0 saturated carbocycles. The lowest BCUT2D eigenvalue weighted by Gasteiger charge is -2.15. The first kappa shape index (κ1) is 22.3. The minimum atomic E-state index is 0.0107. The standard InChI is InChI=1S/C26H27N5O2/c1-17(14-27)15-29-25-22-12-19(5-4-18(22)6-7-24(25)33-3)23-13-21(8-10-28-23)30-26(32)20-9-11-31(2)16-20/h4-8,10,12-13,20,29H,1,9,11,15-16H2,2-3H3,(H,28,30,32). The van der Waals surface area contributed by atoms with Crippen LogP contribution >= 0.6 is 0 Å². The van der Waals surface area contributed by atoms with Crippen molar-refractivity contribution in [2.45, 2.75) is 6.42 Å². The molecule has 33 heavy (non-hydrogen) atoms. The Labute approximate surface area is 193 Å². The average Bonchev–Trinajstić information content (AvgIpc) is 3.28. The van der Waals surface area contributed by atoms with E-state index in [1.54, 1.807) is 13.3 Å². The fraction of sp³-hybridized carbons (Fsp3) is 0.269. The third kappa shape index (κ3) is 4.97. The highest BCUT2D eigenvalue weighted by Crippen LogP contribution is 2.36. The van der Waals surface area contributed by atoms with Crippen LogP contribution in [0.3, 0.4) is 0 Å². The summed E-state index contributed by atoms with van der Waals surface area (Å²) in [4.78, 5) is 19.3. The molecule has 1 aliphatic heterocycles. The Morgan fingerprint density at radius 2 is 2.12 bits per heavy atom. The van der Waals surface area contributed by atoms with Crippen LogP contribution in [0.15, 0.2) is 60.8 Å². The van der Waals surface area contributed by atoms with Gasteiger partial charge in [0.05, 0.1) is 30.5 Å². The van der Waals surface area contributed by atoms with Gasteiger partial charge in [-0.1, -0.05) is 24.8 Å². The number of carbonyl (C=O) groups excluding carboxylic acids is 1. The van der Waals surface area contributed by atoms with Gasteiger partial charge in [0.25, 0.3) is 0 Å². The first-order chi connectivity index (χ1) is 16.0. The van der Waals surface area contributed by atoms with Gasteiger partial charge in [-0.25, -0.2) is 0 Å². The molecule has 2 N–H and O–H groups in total. The number of pyridine rings is 1. The summed E-state index contributed by atoms with van der Waals surface area (Å²) in [7, 11) is 3.65. The highest BCUT2D eigenvalue weighted by Gasteiger charge is 2.26. The van der Waals surface area contributed by atoms with Crippen LogP contribution in [-0.2, 0) is 4.79 Å². The molecule has 0 aliphatic carbocycles. The van der Waals surface area contributed by atoms with E-state index in [4.69, 9.17) is 10.00 Å². The number of nitrogens with zero attached hydrogens (tertiary/aromatic N) is 3. The van der Waals surface area contributed by atoms with E-state index in [2.05, 4.69) is 33.2 Å². The van der Waals surface area contributed by atoms with Crippen molar-refractivity contribution in [2.75, 3.05) is 44.4 Å². The number of ether oxygens (including phenoxy) is 1. The summed E-state index contributed by atoms with van der Waals surface area (Å²) in [5.41, 5.74) is 3.63. The van der Waals surface area contributed by atoms with Gasteiger partial charge in [0, 0.05) is 41.5 Å². The number of fused-ring (bicyclic) bond motifs is 1. The van der Waals surface area contributed by atoms with Crippen molar-refractivity contribution in [1.82, 2.24) is 9.88 Å². The number of aromatic nitrogens is 1. The molecule has 2 heterocycles. The molecule has 0 spiro atoms. The van der Waals surface area contributed by atoms with Gasteiger partial charge in [-0.05, 0) is 49.7 Å². The van der Waals surface area contributed by atoms with Gasteiger partial charge in [0.2, 0.25) is 5.91 Å². The van der Waals surface area contributed by atoms with Gasteiger partial charge in [0.15, 0.2) is 0 Å². The Bertz CT molecular complexity index is 1250. The first-order valence-corrected chi connectivity index (χ1v) is 10.9. The zero-order chi connectivity index (χ0) is 23.4. The molecule has 168 valence electrons. The maximum absolute atomic E-state index is 12.6. The molecule has 2 aromatic carbocycles. The van der Waals surface area contributed by atoms with Gasteiger partial charge in [-0.2, -0.15) is 5.26 Å². The van der Waals surface area contributed by atoms with Crippen molar-refractivity contribution < 1.29 is 9.53 Å². The second-order valence-corrected chi connectivity index (χ2v) is 8.31. The molecule has 1 atom stereocenters. The third-order valence-electron chi connectivity index (χ3n) is 5.93. The van der Waals surface area contributed by atoms with Crippen LogP contribution < -0.4 is 15.4 Å². The Morgan fingerprint density at radius 3 is 2.85 bits per heavy atom. The topological polar surface area (TPSA) is 90.3 Å².